The lowest BCUT2D eigenvalue weighted by Gasteiger charge is -2.35. The van der Waals surface area contributed by atoms with Crippen LogP contribution in [0.3, 0.4) is 0 Å². The molecule has 0 radical (unpaired) electrons. The lowest BCUT2D eigenvalue weighted by atomic mass is 10.2. The second-order valence-corrected chi connectivity index (χ2v) is 7.16. The van der Waals surface area contributed by atoms with Crippen molar-refractivity contribution in [2.75, 3.05) is 45.8 Å². The van der Waals surface area contributed by atoms with Gasteiger partial charge in [0.15, 0.2) is 0 Å². The Kier molecular flexibility index (Phi) is 6.39. The monoisotopic (exact) mass is 373 g/mol. The van der Waals surface area contributed by atoms with Gasteiger partial charge in [-0.05, 0) is 25.0 Å². The normalized spacial score (nSPS) is 18.8. The molecule has 8 nitrogen and oxygen atoms in total. The fourth-order valence-electron chi connectivity index (χ4n) is 3.57. The van der Waals surface area contributed by atoms with Crippen LogP contribution in [-0.2, 0) is 4.79 Å². The number of rotatable bonds is 4. The first kappa shape index (κ1) is 19.3. The molecule has 0 aliphatic carbocycles. The summed E-state index contributed by atoms with van der Waals surface area (Å²) in [5, 5.41) is 0. The summed E-state index contributed by atoms with van der Waals surface area (Å²) in [7, 11) is 0. The third-order valence-electron chi connectivity index (χ3n) is 5.24. The summed E-state index contributed by atoms with van der Waals surface area (Å²) >= 11 is 0. The first-order valence-corrected chi connectivity index (χ1v) is 9.60. The molecule has 27 heavy (non-hydrogen) atoms. The maximum atomic E-state index is 12.6. The van der Waals surface area contributed by atoms with Gasteiger partial charge in [0.05, 0.1) is 12.1 Å². The van der Waals surface area contributed by atoms with Gasteiger partial charge in [-0.25, -0.2) is 0 Å². The number of hydrogen-bond acceptors (Lipinski definition) is 5. The van der Waals surface area contributed by atoms with Gasteiger partial charge in [0.2, 0.25) is 5.91 Å². The number of primary amides is 1. The van der Waals surface area contributed by atoms with E-state index in [1.807, 2.05) is 4.90 Å². The van der Waals surface area contributed by atoms with Gasteiger partial charge in [0, 0.05) is 45.5 Å². The molecular formula is C19H27N5O3. The molecule has 0 unspecified atom stereocenters. The molecule has 2 fully saturated rings. The topological polar surface area (TPSA) is 99.8 Å². The number of aromatic nitrogens is 1. The molecule has 0 spiro atoms. The van der Waals surface area contributed by atoms with Crippen molar-refractivity contribution in [3.8, 4) is 0 Å². The van der Waals surface area contributed by atoms with Crippen LogP contribution in [0.5, 0.6) is 0 Å². The lowest BCUT2D eigenvalue weighted by Crippen LogP contribution is -2.51. The summed E-state index contributed by atoms with van der Waals surface area (Å²) in [6.45, 7) is 4.66. The van der Waals surface area contributed by atoms with E-state index in [1.54, 1.807) is 11.0 Å². The molecule has 1 aromatic rings. The molecule has 3 amide bonds. The highest BCUT2D eigenvalue weighted by atomic mass is 16.2. The van der Waals surface area contributed by atoms with Crippen molar-refractivity contribution in [2.45, 2.75) is 25.7 Å². The average molecular weight is 373 g/mol. The molecular weight excluding hydrogens is 346 g/mol. The zero-order valence-corrected chi connectivity index (χ0v) is 15.6. The summed E-state index contributed by atoms with van der Waals surface area (Å²) in [4.78, 5) is 45.9. The van der Waals surface area contributed by atoms with Gasteiger partial charge in [-0.15, -0.1) is 0 Å². The largest absolute Gasteiger partial charge is 0.364 e. The highest BCUT2D eigenvalue weighted by Crippen LogP contribution is 2.12. The van der Waals surface area contributed by atoms with Crippen LogP contribution in [0.15, 0.2) is 18.3 Å². The van der Waals surface area contributed by atoms with Crippen molar-refractivity contribution in [1.82, 2.24) is 19.7 Å². The molecule has 0 aromatic carbocycles. The minimum Gasteiger partial charge on any atom is -0.364 e. The zero-order chi connectivity index (χ0) is 19.2. The van der Waals surface area contributed by atoms with Gasteiger partial charge in [-0.3, -0.25) is 24.3 Å². The van der Waals surface area contributed by atoms with Crippen molar-refractivity contribution >= 4 is 17.7 Å². The summed E-state index contributed by atoms with van der Waals surface area (Å²) in [6, 6.07) is 3.04. The van der Waals surface area contributed by atoms with E-state index in [0.717, 1.165) is 25.9 Å². The van der Waals surface area contributed by atoms with Crippen LogP contribution >= 0.6 is 0 Å². The van der Waals surface area contributed by atoms with Crippen LogP contribution in [0.1, 0.15) is 46.5 Å². The number of likely N-dealkylation sites (tertiary alicyclic amines) is 1. The molecule has 0 bridgehead atoms. The quantitative estimate of drug-likeness (QED) is 0.820. The van der Waals surface area contributed by atoms with Crippen molar-refractivity contribution < 1.29 is 14.4 Å². The fourth-order valence-corrected chi connectivity index (χ4v) is 3.57. The van der Waals surface area contributed by atoms with E-state index in [1.165, 1.54) is 25.1 Å². The van der Waals surface area contributed by atoms with Crippen LogP contribution in [0.4, 0.5) is 0 Å². The van der Waals surface area contributed by atoms with Crippen molar-refractivity contribution in [1.29, 1.82) is 0 Å². The predicted octanol–water partition coefficient (Wildman–Crippen LogP) is 0.341. The summed E-state index contributed by atoms with van der Waals surface area (Å²) in [5.41, 5.74) is 5.75. The number of pyridine rings is 1. The van der Waals surface area contributed by atoms with Crippen LogP contribution < -0.4 is 5.73 Å². The zero-order valence-electron chi connectivity index (χ0n) is 15.6. The molecule has 2 saturated heterocycles. The van der Waals surface area contributed by atoms with Crippen molar-refractivity contribution in [2.24, 2.45) is 5.73 Å². The number of piperazine rings is 1. The average Bonchev–Trinajstić information content (AvgIpc) is 2.98. The van der Waals surface area contributed by atoms with E-state index < -0.39 is 5.91 Å². The van der Waals surface area contributed by atoms with Crippen molar-refractivity contribution in [3.63, 3.8) is 0 Å². The molecule has 2 N–H and O–H groups in total. The first-order valence-electron chi connectivity index (χ1n) is 9.60. The standard InChI is InChI=1S/C19H27N5O3/c20-18(26)16-6-5-15(13-21-16)19(27)24-11-9-22(10-12-24)14-17(25)23-7-3-1-2-4-8-23/h5-6,13H,1-4,7-12,14H2,(H2,20,26). The van der Waals surface area contributed by atoms with Gasteiger partial charge in [0.25, 0.3) is 11.8 Å². The molecule has 3 rings (SSSR count). The van der Waals surface area contributed by atoms with E-state index in [4.69, 9.17) is 5.73 Å². The highest BCUT2D eigenvalue weighted by molar-refractivity contribution is 5.95. The molecule has 146 valence electrons. The van der Waals surface area contributed by atoms with E-state index in [9.17, 15) is 14.4 Å². The van der Waals surface area contributed by atoms with Gasteiger partial charge in [-0.1, -0.05) is 12.8 Å². The molecule has 0 atom stereocenters. The summed E-state index contributed by atoms with van der Waals surface area (Å²) < 4.78 is 0. The number of nitrogens with two attached hydrogens (primary N) is 1. The van der Waals surface area contributed by atoms with Crippen LogP contribution in [0, 0.1) is 0 Å². The molecule has 0 saturated carbocycles. The summed E-state index contributed by atoms with van der Waals surface area (Å²) in [5.74, 6) is -0.531. The van der Waals surface area contributed by atoms with E-state index in [-0.39, 0.29) is 17.5 Å². The van der Waals surface area contributed by atoms with Crippen molar-refractivity contribution in [3.05, 3.63) is 29.6 Å². The Morgan fingerprint density at radius 2 is 1.56 bits per heavy atom. The van der Waals surface area contributed by atoms with Gasteiger partial charge in [0.1, 0.15) is 5.69 Å². The minimum atomic E-state index is -0.614. The summed E-state index contributed by atoms with van der Waals surface area (Å²) in [6.07, 6.45) is 5.99. The van der Waals surface area contributed by atoms with E-state index in [0.29, 0.717) is 38.3 Å². The highest BCUT2D eigenvalue weighted by Gasteiger charge is 2.25. The maximum Gasteiger partial charge on any atom is 0.267 e. The van der Waals surface area contributed by atoms with Gasteiger partial charge < -0.3 is 15.5 Å². The van der Waals surface area contributed by atoms with Gasteiger partial charge in [-0.2, -0.15) is 0 Å². The Bertz CT molecular complexity index is 675. The molecule has 8 heteroatoms. The molecule has 3 heterocycles. The lowest BCUT2D eigenvalue weighted by molar-refractivity contribution is -0.132. The number of carbonyl (C=O) groups excluding carboxylic acids is 3. The number of hydrogen-bond donors (Lipinski definition) is 1. The number of amides is 3. The Balaban J connectivity index is 1.48. The van der Waals surface area contributed by atoms with E-state index >= 15 is 0 Å². The second-order valence-electron chi connectivity index (χ2n) is 7.16. The van der Waals surface area contributed by atoms with Crippen LogP contribution in [0.25, 0.3) is 0 Å². The van der Waals surface area contributed by atoms with Crippen LogP contribution in [0.2, 0.25) is 0 Å². The Morgan fingerprint density at radius 3 is 2.11 bits per heavy atom. The van der Waals surface area contributed by atoms with Crippen LogP contribution in [-0.4, -0.2) is 83.2 Å². The number of carbonyl (C=O) groups is 3. The minimum absolute atomic E-state index is 0.114. The van der Waals surface area contributed by atoms with Gasteiger partial charge >= 0.3 is 0 Å². The molecule has 1 aromatic heterocycles. The molecule has 2 aliphatic rings. The number of nitrogens with zero attached hydrogens (tertiary/aromatic N) is 4. The first-order chi connectivity index (χ1) is 13.0. The van der Waals surface area contributed by atoms with E-state index in [2.05, 4.69) is 9.88 Å². The SMILES string of the molecule is NC(=O)c1ccc(C(=O)N2CCN(CC(=O)N3CCCCCC3)CC2)cn1. The molecule has 2 aliphatic heterocycles. The Morgan fingerprint density at radius 1 is 0.889 bits per heavy atom. The fraction of sp³-hybridized carbons (Fsp3) is 0.579. The second kappa shape index (κ2) is 8.94. The Hall–Kier alpha value is -2.48. The third-order valence-corrected chi connectivity index (χ3v) is 5.24. The third kappa shape index (κ3) is 5.03. The predicted molar refractivity (Wildman–Crippen MR) is 100 cm³/mol. The maximum absolute atomic E-state index is 12.6. The smallest absolute Gasteiger partial charge is 0.267 e. The Labute approximate surface area is 159 Å².